The van der Waals surface area contributed by atoms with Crippen molar-refractivity contribution in [3.63, 3.8) is 0 Å². The van der Waals surface area contributed by atoms with Crippen LogP contribution < -0.4 is 21.5 Å². The second kappa shape index (κ2) is 8.94. The summed E-state index contributed by atoms with van der Waals surface area (Å²) in [5, 5.41) is 25.1. The third-order valence-electron chi connectivity index (χ3n) is 3.56. The standard InChI is InChI=1S/C18H22N4O2.ClH/c1-3-21-15-9-11(2)8-13(10-15)16(18(23)24)22-14-6-4-12(5-7-14)17(19)20;/h4-10,16,21-22H,3H2,1-2H3,(H3,19,20)(H,23,24);1H/p-1. The lowest BCUT2D eigenvalue weighted by molar-refractivity contribution is -0.307. The lowest BCUT2D eigenvalue weighted by Crippen LogP contribution is -2.34. The summed E-state index contributed by atoms with van der Waals surface area (Å²) >= 11 is 0. The van der Waals surface area contributed by atoms with Gasteiger partial charge in [-0.1, -0.05) is 6.07 Å². The predicted octanol–water partition coefficient (Wildman–Crippen LogP) is 2.04. The Kier molecular flexibility index (Phi) is 7.26. The number of carbonyl (C=O) groups excluding carboxylic acids is 1. The van der Waals surface area contributed by atoms with E-state index in [2.05, 4.69) is 10.6 Å². The molecule has 6 nitrogen and oxygen atoms in total. The van der Waals surface area contributed by atoms with Crippen LogP contribution in [0.15, 0.2) is 42.5 Å². The van der Waals surface area contributed by atoms with Crippen molar-refractivity contribution in [3.8, 4) is 0 Å². The normalized spacial score (nSPS) is 11.1. The Morgan fingerprint density at radius 2 is 1.84 bits per heavy atom. The molecule has 0 bridgehead atoms. The van der Waals surface area contributed by atoms with E-state index in [0.29, 0.717) is 16.8 Å². The van der Waals surface area contributed by atoms with Crippen molar-refractivity contribution in [1.29, 1.82) is 5.41 Å². The molecule has 2 rings (SSSR count). The lowest BCUT2D eigenvalue weighted by atomic mass is 10.0. The molecular weight excluding hydrogens is 340 g/mol. The molecule has 5 N–H and O–H groups in total. The maximum Gasteiger partial charge on any atom is 0.122 e. The van der Waals surface area contributed by atoms with Crippen molar-refractivity contribution in [2.45, 2.75) is 19.9 Å². The first-order valence-corrected chi connectivity index (χ1v) is 7.68. The summed E-state index contributed by atoms with van der Waals surface area (Å²) in [6.07, 6.45) is 0. The van der Waals surface area contributed by atoms with Crippen LogP contribution in [0.2, 0.25) is 0 Å². The van der Waals surface area contributed by atoms with Crippen molar-refractivity contribution in [3.05, 3.63) is 59.2 Å². The highest BCUT2D eigenvalue weighted by Crippen LogP contribution is 2.24. The monoisotopic (exact) mass is 361 g/mol. The first-order chi connectivity index (χ1) is 11.4. The minimum Gasteiger partial charge on any atom is -0.548 e. The van der Waals surface area contributed by atoms with Crippen LogP contribution in [-0.2, 0) is 4.79 Å². The Balaban J connectivity index is 0.00000312. The minimum absolute atomic E-state index is 0. The van der Waals surface area contributed by atoms with Gasteiger partial charge in [-0.2, -0.15) is 0 Å². The maximum atomic E-state index is 11.6. The summed E-state index contributed by atoms with van der Waals surface area (Å²) in [6.45, 7) is 4.64. The highest BCUT2D eigenvalue weighted by atomic mass is 35.5. The molecule has 0 aliphatic heterocycles. The number of carboxylic acids is 1. The van der Waals surface area contributed by atoms with E-state index in [1.54, 1.807) is 30.3 Å². The third kappa shape index (κ3) is 5.39. The molecule has 0 spiro atoms. The summed E-state index contributed by atoms with van der Waals surface area (Å²) in [5.74, 6) is -1.24. The molecule has 1 unspecified atom stereocenters. The number of nitrogens with two attached hydrogens (primary N) is 1. The first-order valence-electron chi connectivity index (χ1n) is 7.68. The fourth-order valence-corrected chi connectivity index (χ4v) is 2.48. The van der Waals surface area contributed by atoms with Crippen LogP contribution in [0, 0.1) is 12.3 Å². The van der Waals surface area contributed by atoms with Gasteiger partial charge in [-0.3, -0.25) is 5.41 Å². The molecule has 0 amide bonds. The predicted molar refractivity (Wildman–Crippen MR) is 101 cm³/mol. The van der Waals surface area contributed by atoms with Gasteiger partial charge in [0.15, 0.2) is 0 Å². The van der Waals surface area contributed by atoms with E-state index < -0.39 is 12.0 Å². The Labute approximate surface area is 153 Å². The van der Waals surface area contributed by atoms with Gasteiger partial charge in [0.05, 0.1) is 12.0 Å². The first kappa shape index (κ1) is 20.3. The summed E-state index contributed by atoms with van der Waals surface area (Å²) in [4.78, 5) is 11.6. The molecule has 0 aromatic heterocycles. The van der Waals surface area contributed by atoms with Gasteiger partial charge in [-0.15, -0.1) is 12.4 Å². The number of amidine groups is 1. The number of hydrogen-bond donors (Lipinski definition) is 4. The quantitative estimate of drug-likeness (QED) is 0.445. The largest absolute Gasteiger partial charge is 0.548 e. The van der Waals surface area contributed by atoms with Gasteiger partial charge >= 0.3 is 0 Å². The van der Waals surface area contributed by atoms with Crippen LogP contribution in [0.25, 0.3) is 0 Å². The molecule has 0 aliphatic rings. The number of rotatable bonds is 7. The third-order valence-corrected chi connectivity index (χ3v) is 3.56. The number of hydrogen-bond acceptors (Lipinski definition) is 5. The number of carbonyl (C=O) groups is 1. The van der Waals surface area contributed by atoms with Gasteiger partial charge in [0.1, 0.15) is 5.84 Å². The number of carboxylic acid groups (broad SMARTS) is 1. The Morgan fingerprint density at radius 1 is 1.20 bits per heavy atom. The molecule has 2 aromatic rings. The number of benzene rings is 2. The van der Waals surface area contributed by atoms with Crippen LogP contribution in [0.4, 0.5) is 11.4 Å². The minimum atomic E-state index is -1.21. The molecule has 1 atom stereocenters. The van der Waals surface area contributed by atoms with Crippen LogP contribution in [0.5, 0.6) is 0 Å². The molecule has 7 heteroatoms. The van der Waals surface area contributed by atoms with E-state index in [1.807, 2.05) is 26.0 Å². The highest BCUT2D eigenvalue weighted by Gasteiger charge is 2.14. The molecule has 0 heterocycles. The summed E-state index contributed by atoms with van der Waals surface area (Å²) in [7, 11) is 0. The van der Waals surface area contributed by atoms with E-state index in [1.165, 1.54) is 0 Å². The van der Waals surface area contributed by atoms with Crippen LogP contribution in [0.3, 0.4) is 0 Å². The van der Waals surface area contributed by atoms with Crippen LogP contribution in [-0.4, -0.2) is 18.3 Å². The topological polar surface area (TPSA) is 114 Å². The number of aliphatic carboxylic acids is 1. The zero-order chi connectivity index (χ0) is 17.7. The fraction of sp³-hybridized carbons (Fsp3) is 0.222. The van der Waals surface area contributed by atoms with E-state index in [9.17, 15) is 9.90 Å². The Morgan fingerprint density at radius 3 is 2.36 bits per heavy atom. The van der Waals surface area contributed by atoms with Gasteiger partial charge in [0, 0.05) is 23.5 Å². The van der Waals surface area contributed by atoms with Gasteiger partial charge in [0.2, 0.25) is 0 Å². The van der Waals surface area contributed by atoms with E-state index in [-0.39, 0.29) is 18.2 Å². The molecule has 0 radical (unpaired) electrons. The number of halogens is 1. The van der Waals surface area contributed by atoms with Gasteiger partial charge in [-0.25, -0.2) is 0 Å². The van der Waals surface area contributed by atoms with Crippen molar-refractivity contribution in [2.75, 3.05) is 17.2 Å². The SMILES string of the molecule is CCNc1cc(C)cc(C(Nc2ccc(C(=N)N)cc2)C(=O)[O-])c1.Cl. The van der Waals surface area contributed by atoms with Crippen molar-refractivity contribution in [2.24, 2.45) is 5.73 Å². The molecule has 2 aromatic carbocycles. The second-order valence-electron chi connectivity index (χ2n) is 5.55. The average molecular weight is 362 g/mol. The van der Waals surface area contributed by atoms with E-state index in [0.717, 1.165) is 17.8 Å². The summed E-state index contributed by atoms with van der Waals surface area (Å²) < 4.78 is 0. The Hall–Kier alpha value is -2.73. The number of anilines is 2. The molecule has 0 fully saturated rings. The molecule has 134 valence electrons. The Bertz CT molecular complexity index is 747. The zero-order valence-corrected chi connectivity index (χ0v) is 14.9. The fourth-order valence-electron chi connectivity index (χ4n) is 2.48. The van der Waals surface area contributed by atoms with Crippen molar-refractivity contribution < 1.29 is 9.90 Å². The number of nitrogens with one attached hydrogen (secondary N) is 3. The zero-order valence-electron chi connectivity index (χ0n) is 14.1. The summed E-state index contributed by atoms with van der Waals surface area (Å²) in [5.41, 5.74) is 9.05. The molecule has 0 aliphatic carbocycles. The average Bonchev–Trinajstić information content (AvgIpc) is 2.52. The summed E-state index contributed by atoms with van der Waals surface area (Å²) in [6, 6.07) is 11.3. The number of nitrogen functional groups attached to an aromatic ring is 1. The van der Waals surface area contributed by atoms with Crippen molar-refractivity contribution >= 4 is 35.6 Å². The van der Waals surface area contributed by atoms with Crippen LogP contribution >= 0.6 is 12.4 Å². The van der Waals surface area contributed by atoms with E-state index in [4.69, 9.17) is 11.1 Å². The molecule has 25 heavy (non-hydrogen) atoms. The van der Waals surface area contributed by atoms with E-state index >= 15 is 0 Å². The highest BCUT2D eigenvalue weighted by molar-refractivity contribution is 5.95. The smallest absolute Gasteiger partial charge is 0.122 e. The van der Waals surface area contributed by atoms with Gasteiger partial charge in [0.25, 0.3) is 0 Å². The second-order valence-corrected chi connectivity index (χ2v) is 5.55. The molecule has 0 saturated heterocycles. The lowest BCUT2D eigenvalue weighted by Gasteiger charge is -2.23. The maximum absolute atomic E-state index is 11.6. The van der Waals surface area contributed by atoms with Crippen molar-refractivity contribution in [1.82, 2.24) is 0 Å². The number of aryl methyl sites for hydroxylation is 1. The van der Waals surface area contributed by atoms with Gasteiger partial charge in [-0.05, 0) is 61.4 Å². The molecule has 0 saturated carbocycles. The molecular formula is C18H22ClN4O2-. The van der Waals surface area contributed by atoms with Crippen LogP contribution in [0.1, 0.15) is 29.7 Å². The van der Waals surface area contributed by atoms with Gasteiger partial charge < -0.3 is 26.3 Å².